The number of benzene rings is 4. The van der Waals surface area contributed by atoms with Crippen molar-refractivity contribution in [3.63, 3.8) is 0 Å². The second-order valence-corrected chi connectivity index (χ2v) is 10.7. The van der Waals surface area contributed by atoms with Gasteiger partial charge in [0.25, 0.3) is 5.69 Å². The summed E-state index contributed by atoms with van der Waals surface area (Å²) in [4.78, 5) is 54.5. The summed E-state index contributed by atoms with van der Waals surface area (Å²) in [6.45, 7) is 0. The predicted octanol–water partition coefficient (Wildman–Crippen LogP) is 5.29. The van der Waals surface area contributed by atoms with Crippen LogP contribution in [0.1, 0.15) is 17.0 Å². The van der Waals surface area contributed by atoms with Gasteiger partial charge in [0.2, 0.25) is 11.8 Å². The van der Waals surface area contributed by atoms with Crippen LogP contribution in [0.5, 0.6) is 17.2 Å². The number of nitrogens with zero attached hydrogens (tertiary/aromatic N) is 2. The standard InChI is InChI=1S/C33H24N2O8/c1-41-19-10-7-18(8-11-19)23-16-24-22-13-9-17-5-3-4-6-21(17)30(22)43-33(38)28(24)29-27(23)31(36)34(32(29)37)25-14-12-20(42-2)15-26(25)35(39)40/h3-16,23,27-29H,1-2H3/t23-,27-,28-,29+/m0/s1. The molecule has 0 unspecified atom stereocenters. The lowest BCUT2D eigenvalue weighted by Crippen LogP contribution is -2.42. The van der Waals surface area contributed by atoms with E-state index in [0.717, 1.165) is 21.2 Å². The molecule has 0 bridgehead atoms. The number of anilines is 1. The molecule has 0 saturated carbocycles. The Labute approximate surface area is 245 Å². The van der Waals surface area contributed by atoms with Crippen molar-refractivity contribution in [1.82, 2.24) is 0 Å². The van der Waals surface area contributed by atoms with E-state index >= 15 is 0 Å². The number of carbonyl (C=O) groups excluding carboxylic acids is 3. The molecule has 2 aliphatic heterocycles. The third kappa shape index (κ3) is 3.90. The molecule has 0 aromatic heterocycles. The Morgan fingerprint density at radius 3 is 2.26 bits per heavy atom. The van der Waals surface area contributed by atoms with Crippen LogP contribution < -0.4 is 19.1 Å². The average Bonchev–Trinajstić information content (AvgIpc) is 3.29. The van der Waals surface area contributed by atoms with Crippen molar-refractivity contribution in [3.05, 3.63) is 106 Å². The number of ether oxygens (including phenoxy) is 3. The van der Waals surface area contributed by atoms with Gasteiger partial charge in [0.1, 0.15) is 22.9 Å². The average molecular weight is 577 g/mol. The fourth-order valence-electron chi connectivity index (χ4n) is 6.64. The van der Waals surface area contributed by atoms with E-state index in [-0.39, 0.29) is 11.4 Å². The number of nitro groups is 1. The molecule has 2 amide bonds. The number of imide groups is 1. The van der Waals surface area contributed by atoms with E-state index in [4.69, 9.17) is 14.2 Å². The highest BCUT2D eigenvalue weighted by atomic mass is 16.6. The molecule has 4 aromatic rings. The molecule has 1 fully saturated rings. The minimum Gasteiger partial charge on any atom is -0.497 e. The van der Waals surface area contributed by atoms with Gasteiger partial charge < -0.3 is 14.2 Å². The number of hydrogen-bond acceptors (Lipinski definition) is 8. The van der Waals surface area contributed by atoms with E-state index < -0.39 is 52.1 Å². The highest BCUT2D eigenvalue weighted by Crippen LogP contribution is 2.56. The van der Waals surface area contributed by atoms with E-state index in [2.05, 4.69) is 0 Å². The highest BCUT2D eigenvalue weighted by molar-refractivity contribution is 6.25. The Morgan fingerprint density at radius 2 is 1.53 bits per heavy atom. The molecule has 0 N–H and O–H groups in total. The highest BCUT2D eigenvalue weighted by Gasteiger charge is 2.61. The summed E-state index contributed by atoms with van der Waals surface area (Å²) in [7, 11) is 2.91. The van der Waals surface area contributed by atoms with Gasteiger partial charge in [0.05, 0.1) is 43.0 Å². The Bertz CT molecular complexity index is 1900. The zero-order valence-electron chi connectivity index (χ0n) is 23.1. The van der Waals surface area contributed by atoms with Crippen molar-refractivity contribution >= 4 is 45.5 Å². The topological polar surface area (TPSA) is 125 Å². The number of hydrogen-bond donors (Lipinski definition) is 0. The zero-order chi connectivity index (χ0) is 30.0. The van der Waals surface area contributed by atoms with Crippen LogP contribution >= 0.6 is 0 Å². The van der Waals surface area contributed by atoms with Gasteiger partial charge in [-0.05, 0) is 40.8 Å². The van der Waals surface area contributed by atoms with Crippen LogP contribution in [0.3, 0.4) is 0 Å². The Morgan fingerprint density at radius 1 is 0.837 bits per heavy atom. The molecule has 4 aromatic carbocycles. The molecule has 1 aliphatic carbocycles. The SMILES string of the molecule is COc1ccc([C@@H]2C=C3c4ccc5ccccc5c4OC(=O)[C@@H]3[C@@H]3C(=O)N(c4ccc(OC)cc4[N+](=O)[O-])C(=O)[C@H]32)cc1. The number of amides is 2. The van der Waals surface area contributed by atoms with Gasteiger partial charge in [-0.2, -0.15) is 0 Å². The van der Waals surface area contributed by atoms with Gasteiger partial charge in [-0.15, -0.1) is 0 Å². The lowest BCUT2D eigenvalue weighted by Gasteiger charge is -2.38. The van der Waals surface area contributed by atoms with Crippen molar-refractivity contribution in [2.24, 2.45) is 17.8 Å². The summed E-state index contributed by atoms with van der Waals surface area (Å²) in [5.74, 6) is -4.61. The van der Waals surface area contributed by atoms with Crippen molar-refractivity contribution in [2.45, 2.75) is 5.92 Å². The first-order valence-electron chi connectivity index (χ1n) is 13.6. The lowest BCUT2D eigenvalue weighted by molar-refractivity contribution is -0.384. The number of rotatable bonds is 5. The molecule has 1 saturated heterocycles. The molecular weight excluding hydrogens is 552 g/mol. The number of carbonyl (C=O) groups is 3. The van der Waals surface area contributed by atoms with Crippen LogP contribution in [-0.2, 0) is 14.4 Å². The zero-order valence-corrected chi connectivity index (χ0v) is 23.1. The van der Waals surface area contributed by atoms with Gasteiger partial charge in [-0.1, -0.05) is 54.6 Å². The molecule has 214 valence electrons. The molecule has 3 aliphatic rings. The van der Waals surface area contributed by atoms with Gasteiger partial charge in [-0.25, -0.2) is 4.90 Å². The summed E-state index contributed by atoms with van der Waals surface area (Å²) >= 11 is 0. The van der Waals surface area contributed by atoms with Crippen LogP contribution in [0.25, 0.3) is 16.3 Å². The molecule has 2 heterocycles. The molecule has 43 heavy (non-hydrogen) atoms. The second-order valence-electron chi connectivity index (χ2n) is 10.7. The van der Waals surface area contributed by atoms with E-state index in [9.17, 15) is 24.5 Å². The summed E-state index contributed by atoms with van der Waals surface area (Å²) < 4.78 is 16.4. The van der Waals surface area contributed by atoms with Crippen LogP contribution in [0, 0.1) is 27.9 Å². The lowest BCUT2D eigenvalue weighted by atomic mass is 9.64. The number of methoxy groups -OCH3 is 2. The smallest absolute Gasteiger partial charge is 0.319 e. The van der Waals surface area contributed by atoms with E-state index in [0.29, 0.717) is 22.6 Å². The fraction of sp³-hybridized carbons (Fsp3) is 0.182. The maximum atomic E-state index is 14.3. The number of allylic oxidation sites excluding steroid dienone is 1. The summed E-state index contributed by atoms with van der Waals surface area (Å²) in [6.07, 6.45) is 1.87. The van der Waals surface area contributed by atoms with Crippen molar-refractivity contribution in [1.29, 1.82) is 0 Å². The van der Waals surface area contributed by atoms with Crippen LogP contribution in [-0.4, -0.2) is 36.9 Å². The summed E-state index contributed by atoms with van der Waals surface area (Å²) in [6, 6.07) is 22.4. The van der Waals surface area contributed by atoms with E-state index in [1.807, 2.05) is 54.6 Å². The molecular formula is C33H24N2O8. The molecule has 10 nitrogen and oxygen atoms in total. The maximum Gasteiger partial charge on any atom is 0.319 e. The minimum absolute atomic E-state index is 0.180. The van der Waals surface area contributed by atoms with E-state index in [1.54, 1.807) is 19.2 Å². The second kappa shape index (κ2) is 9.80. The Hall–Kier alpha value is -5.51. The monoisotopic (exact) mass is 576 g/mol. The first-order chi connectivity index (χ1) is 20.8. The molecule has 4 atom stereocenters. The number of fused-ring (bicyclic) bond motifs is 7. The number of nitro benzene ring substituents is 1. The minimum atomic E-state index is -1.14. The van der Waals surface area contributed by atoms with Gasteiger partial charge in [0.15, 0.2) is 0 Å². The fourth-order valence-corrected chi connectivity index (χ4v) is 6.64. The van der Waals surface area contributed by atoms with Crippen LogP contribution in [0.2, 0.25) is 0 Å². The van der Waals surface area contributed by atoms with Crippen molar-refractivity contribution in [3.8, 4) is 17.2 Å². The van der Waals surface area contributed by atoms with Crippen molar-refractivity contribution in [2.75, 3.05) is 19.1 Å². The molecule has 0 radical (unpaired) electrons. The molecule has 7 rings (SSSR count). The Kier molecular flexibility index (Phi) is 6.01. The molecule has 0 spiro atoms. The molecule has 10 heteroatoms. The maximum absolute atomic E-state index is 14.3. The third-order valence-electron chi connectivity index (χ3n) is 8.61. The summed E-state index contributed by atoms with van der Waals surface area (Å²) in [5, 5.41) is 13.7. The normalized spacial score (nSPS) is 22.3. The van der Waals surface area contributed by atoms with Crippen LogP contribution in [0.15, 0.2) is 84.9 Å². The van der Waals surface area contributed by atoms with Gasteiger partial charge >= 0.3 is 5.97 Å². The quantitative estimate of drug-likeness (QED) is 0.103. The first-order valence-corrected chi connectivity index (χ1v) is 13.6. The predicted molar refractivity (Wildman–Crippen MR) is 156 cm³/mol. The largest absolute Gasteiger partial charge is 0.497 e. The van der Waals surface area contributed by atoms with E-state index in [1.165, 1.54) is 25.3 Å². The first kappa shape index (κ1) is 26.4. The van der Waals surface area contributed by atoms with Gasteiger partial charge in [0, 0.05) is 16.9 Å². The third-order valence-corrected chi connectivity index (χ3v) is 8.61. The Balaban J connectivity index is 1.43. The van der Waals surface area contributed by atoms with Gasteiger partial charge in [-0.3, -0.25) is 24.5 Å². The number of esters is 1. The van der Waals surface area contributed by atoms with Crippen molar-refractivity contribution < 1.29 is 33.5 Å². The van der Waals surface area contributed by atoms with Crippen LogP contribution in [0.4, 0.5) is 11.4 Å². The summed E-state index contributed by atoms with van der Waals surface area (Å²) in [5.41, 5.74) is 1.34.